The van der Waals surface area contributed by atoms with Crippen molar-refractivity contribution in [2.45, 2.75) is 58.2 Å². The zero-order valence-electron chi connectivity index (χ0n) is 19.3. The number of rotatable bonds is 7. The maximum absolute atomic E-state index is 13.5. The number of benzene rings is 1. The van der Waals surface area contributed by atoms with Gasteiger partial charge in [0, 0.05) is 17.9 Å². The lowest BCUT2D eigenvalue weighted by molar-refractivity contribution is -0.711. The molecular formula is C25H32ClN4O3+. The summed E-state index contributed by atoms with van der Waals surface area (Å²) in [6.07, 6.45) is 3.65. The van der Waals surface area contributed by atoms with Crippen LogP contribution in [0.3, 0.4) is 0 Å². The normalized spacial score (nSPS) is 21.6. The summed E-state index contributed by atoms with van der Waals surface area (Å²) < 4.78 is 2.07. The van der Waals surface area contributed by atoms with Crippen LogP contribution in [0.15, 0.2) is 48.7 Å². The molecule has 0 radical (unpaired) electrons. The van der Waals surface area contributed by atoms with E-state index in [4.69, 9.17) is 0 Å². The summed E-state index contributed by atoms with van der Waals surface area (Å²) >= 11 is 0. The minimum absolute atomic E-state index is 0. The Hall–Kier alpha value is -2.93. The van der Waals surface area contributed by atoms with Crippen LogP contribution in [0.2, 0.25) is 0 Å². The third kappa shape index (κ3) is 4.88. The van der Waals surface area contributed by atoms with Gasteiger partial charge in [-0.2, -0.15) is 4.90 Å². The van der Waals surface area contributed by atoms with Gasteiger partial charge in [-0.3, -0.25) is 9.59 Å². The molecule has 1 aromatic heterocycles. The first-order valence-electron chi connectivity index (χ1n) is 11.4. The molecule has 2 aromatic rings. The zero-order chi connectivity index (χ0) is 22.8. The van der Waals surface area contributed by atoms with Crippen molar-refractivity contribution in [2.75, 3.05) is 11.4 Å². The molecule has 0 bridgehead atoms. The van der Waals surface area contributed by atoms with Crippen molar-refractivity contribution in [3.8, 4) is 0 Å². The standard InChI is InChI=1S/C25H30N4O3.ClH/c1-4-16(2)23(31)27-22-17(3)28-12-8-11-19-14-20(29(24(19)28)25(22)32)15-26-21(30)13-18-9-6-5-7-10-18;/h5-12,16-17,20,22H,4,13-15H2,1-3H3,(H-,26,27,30,31);1H/p+1/t16-,17?,20+,22+;/m1./s1. The van der Waals surface area contributed by atoms with E-state index in [0.29, 0.717) is 19.4 Å². The van der Waals surface area contributed by atoms with E-state index in [-0.39, 0.29) is 48.1 Å². The van der Waals surface area contributed by atoms with Crippen molar-refractivity contribution < 1.29 is 19.0 Å². The van der Waals surface area contributed by atoms with Crippen LogP contribution in [0.1, 0.15) is 44.4 Å². The number of nitrogens with zero attached hydrogens (tertiary/aromatic N) is 2. The van der Waals surface area contributed by atoms with Crippen molar-refractivity contribution in [2.24, 2.45) is 5.92 Å². The maximum atomic E-state index is 13.5. The molecule has 0 aliphatic carbocycles. The molecule has 2 aliphatic heterocycles. The Morgan fingerprint density at radius 3 is 2.61 bits per heavy atom. The van der Waals surface area contributed by atoms with Crippen molar-refractivity contribution >= 4 is 35.9 Å². The highest BCUT2D eigenvalue weighted by Gasteiger charge is 2.53. The summed E-state index contributed by atoms with van der Waals surface area (Å²) in [5.41, 5.74) is 2.04. The molecule has 33 heavy (non-hydrogen) atoms. The molecule has 0 spiro atoms. The second kappa shape index (κ2) is 10.3. The van der Waals surface area contributed by atoms with E-state index in [1.807, 2.05) is 69.4 Å². The van der Waals surface area contributed by atoms with Crippen LogP contribution in [0, 0.1) is 5.92 Å². The van der Waals surface area contributed by atoms with Crippen molar-refractivity contribution in [1.29, 1.82) is 0 Å². The van der Waals surface area contributed by atoms with Gasteiger partial charge < -0.3 is 10.6 Å². The van der Waals surface area contributed by atoms with Gasteiger partial charge in [0.15, 0.2) is 6.04 Å². The van der Waals surface area contributed by atoms with Crippen molar-refractivity contribution in [3.63, 3.8) is 0 Å². The summed E-state index contributed by atoms with van der Waals surface area (Å²) in [4.78, 5) is 40.4. The van der Waals surface area contributed by atoms with Gasteiger partial charge in [-0.25, -0.2) is 9.36 Å². The number of amides is 3. The topological polar surface area (TPSA) is 82.4 Å². The number of anilines is 1. The van der Waals surface area contributed by atoms with Gasteiger partial charge >= 0.3 is 5.91 Å². The molecule has 1 aromatic carbocycles. The van der Waals surface area contributed by atoms with Gasteiger partial charge in [0.25, 0.3) is 5.82 Å². The SMILES string of the molecule is CC[C@@H](C)C(=O)N[C@@H]1C(=O)N2c3c(ccc[n+]3C1C)C[C@H]2CNC(=O)Cc1ccccc1.Cl. The molecule has 7 nitrogen and oxygen atoms in total. The van der Waals surface area contributed by atoms with Gasteiger partial charge in [0.1, 0.15) is 12.1 Å². The predicted molar refractivity (Wildman–Crippen MR) is 128 cm³/mol. The lowest BCUT2D eigenvalue weighted by atomic mass is 10.0. The predicted octanol–water partition coefficient (Wildman–Crippen LogP) is 2.12. The van der Waals surface area contributed by atoms with Crippen LogP contribution in [-0.2, 0) is 27.2 Å². The number of pyridine rings is 1. The Morgan fingerprint density at radius 2 is 1.91 bits per heavy atom. The number of halogens is 1. The van der Waals surface area contributed by atoms with Crippen LogP contribution in [0.4, 0.5) is 5.82 Å². The van der Waals surface area contributed by atoms with E-state index >= 15 is 0 Å². The summed E-state index contributed by atoms with van der Waals surface area (Å²) in [5, 5.41) is 5.98. The number of hydrogen-bond acceptors (Lipinski definition) is 3. The molecule has 4 atom stereocenters. The number of hydrogen-bond donors (Lipinski definition) is 2. The quantitative estimate of drug-likeness (QED) is 0.607. The van der Waals surface area contributed by atoms with Gasteiger partial charge in [-0.05, 0) is 31.0 Å². The fraction of sp³-hybridized carbons (Fsp3) is 0.440. The van der Waals surface area contributed by atoms with E-state index in [1.165, 1.54) is 0 Å². The Labute approximate surface area is 201 Å². The van der Waals surface area contributed by atoms with Crippen molar-refractivity contribution in [1.82, 2.24) is 10.6 Å². The smallest absolute Gasteiger partial charge is 0.336 e. The number of carbonyl (C=O) groups excluding carboxylic acids is 3. The van der Waals surface area contributed by atoms with Crippen LogP contribution in [0.5, 0.6) is 0 Å². The molecule has 2 N–H and O–H groups in total. The molecule has 8 heteroatoms. The second-order valence-corrected chi connectivity index (χ2v) is 8.83. The largest absolute Gasteiger partial charge is 0.352 e. The van der Waals surface area contributed by atoms with E-state index in [0.717, 1.165) is 23.4 Å². The molecular weight excluding hydrogens is 440 g/mol. The molecule has 0 saturated heterocycles. The molecule has 176 valence electrons. The van der Waals surface area contributed by atoms with Crippen LogP contribution in [0.25, 0.3) is 0 Å². The lowest BCUT2D eigenvalue weighted by Gasteiger charge is -2.33. The molecule has 2 aliphatic rings. The molecule has 4 rings (SSSR count). The highest BCUT2D eigenvalue weighted by Crippen LogP contribution is 2.34. The fourth-order valence-electron chi connectivity index (χ4n) is 4.55. The molecule has 3 heterocycles. The minimum Gasteiger partial charge on any atom is -0.352 e. The number of nitrogens with one attached hydrogen (secondary N) is 2. The van der Waals surface area contributed by atoms with Crippen LogP contribution in [-0.4, -0.2) is 36.3 Å². The van der Waals surface area contributed by atoms with Crippen molar-refractivity contribution in [3.05, 3.63) is 59.8 Å². The molecule has 3 amide bonds. The third-order valence-corrected chi connectivity index (χ3v) is 6.65. The number of aromatic nitrogens is 1. The average molecular weight is 472 g/mol. The Bertz CT molecular complexity index is 1030. The molecule has 0 saturated carbocycles. The summed E-state index contributed by atoms with van der Waals surface area (Å²) in [5.74, 6) is 0.437. The summed E-state index contributed by atoms with van der Waals surface area (Å²) in [6.45, 7) is 6.16. The summed E-state index contributed by atoms with van der Waals surface area (Å²) in [6, 6.07) is 12.6. The highest BCUT2D eigenvalue weighted by molar-refractivity contribution is 6.01. The minimum atomic E-state index is -0.634. The average Bonchev–Trinajstić information content (AvgIpc) is 3.18. The molecule has 1 unspecified atom stereocenters. The lowest BCUT2D eigenvalue weighted by Crippen LogP contribution is -2.66. The van der Waals surface area contributed by atoms with E-state index in [2.05, 4.69) is 15.2 Å². The van der Waals surface area contributed by atoms with Crippen LogP contribution >= 0.6 is 12.4 Å². The first-order valence-corrected chi connectivity index (χ1v) is 11.4. The Balaban J connectivity index is 0.00000306. The first-order chi connectivity index (χ1) is 15.4. The zero-order valence-corrected chi connectivity index (χ0v) is 20.1. The first kappa shape index (κ1) is 24.7. The highest BCUT2D eigenvalue weighted by atomic mass is 35.5. The summed E-state index contributed by atoms with van der Waals surface area (Å²) in [7, 11) is 0. The van der Waals surface area contributed by atoms with Crippen LogP contribution < -0.4 is 20.1 Å². The fourth-order valence-corrected chi connectivity index (χ4v) is 4.55. The van der Waals surface area contributed by atoms with Gasteiger partial charge in [0.05, 0.1) is 19.2 Å². The second-order valence-electron chi connectivity index (χ2n) is 8.83. The Kier molecular flexibility index (Phi) is 7.74. The van der Waals surface area contributed by atoms with Gasteiger partial charge in [0.2, 0.25) is 11.8 Å². The Morgan fingerprint density at radius 1 is 1.18 bits per heavy atom. The number of carbonyl (C=O) groups is 3. The van der Waals surface area contributed by atoms with E-state index in [1.54, 1.807) is 4.90 Å². The van der Waals surface area contributed by atoms with Gasteiger partial charge in [-0.1, -0.05) is 44.2 Å². The van der Waals surface area contributed by atoms with E-state index < -0.39 is 6.04 Å². The van der Waals surface area contributed by atoms with E-state index in [9.17, 15) is 14.4 Å². The molecule has 0 fully saturated rings. The monoisotopic (exact) mass is 471 g/mol. The maximum Gasteiger partial charge on any atom is 0.336 e. The van der Waals surface area contributed by atoms with Gasteiger partial charge in [-0.15, -0.1) is 12.4 Å². The third-order valence-electron chi connectivity index (χ3n) is 6.65.